The number of carbonyl (C=O) groups is 1. The molecule has 2 atom stereocenters. The van der Waals surface area contributed by atoms with Gasteiger partial charge in [0.15, 0.2) is 0 Å². The highest BCUT2D eigenvalue weighted by Gasteiger charge is 2.29. The van der Waals surface area contributed by atoms with Gasteiger partial charge < -0.3 is 20.1 Å². The number of nitrogens with one attached hydrogen (secondary N) is 1. The van der Waals surface area contributed by atoms with E-state index in [1.54, 1.807) is 0 Å². The van der Waals surface area contributed by atoms with Gasteiger partial charge in [-0.3, -0.25) is 0 Å². The van der Waals surface area contributed by atoms with Crippen LogP contribution in [0.2, 0.25) is 0 Å². The molecule has 4 aromatic carbocycles. The van der Waals surface area contributed by atoms with Crippen molar-refractivity contribution in [3.63, 3.8) is 0 Å². The van der Waals surface area contributed by atoms with E-state index in [0.717, 1.165) is 28.3 Å². The largest absolute Gasteiger partial charge is 0.485 e. The molecule has 1 heterocycles. The maximum Gasteiger partial charge on any atom is 0.336 e. The first-order valence-corrected chi connectivity index (χ1v) is 12.0. The third-order valence-electron chi connectivity index (χ3n) is 6.93. The fourth-order valence-corrected chi connectivity index (χ4v) is 5.14. The van der Waals surface area contributed by atoms with E-state index in [0.29, 0.717) is 18.7 Å². The van der Waals surface area contributed by atoms with E-state index in [1.807, 2.05) is 50.2 Å². The van der Waals surface area contributed by atoms with Gasteiger partial charge in [0.1, 0.15) is 11.9 Å². The van der Waals surface area contributed by atoms with Crippen molar-refractivity contribution >= 4 is 28.1 Å². The summed E-state index contributed by atoms with van der Waals surface area (Å²) in [5.41, 5.74) is 5.01. The number of fused-ring (bicyclic) bond motifs is 2. The summed E-state index contributed by atoms with van der Waals surface area (Å²) in [6, 6.07) is 26.9. The molecule has 0 bridgehead atoms. The van der Waals surface area contributed by atoms with Crippen molar-refractivity contribution in [2.75, 3.05) is 18.0 Å². The summed E-state index contributed by atoms with van der Waals surface area (Å²) in [5.74, 6) is -0.0919. The number of hydrogen-bond acceptors (Lipinski definition) is 4. The number of aryl methyl sites for hydroxylation is 1. The molecular formula is C30H30N2O3. The van der Waals surface area contributed by atoms with Gasteiger partial charge in [0, 0.05) is 18.3 Å². The first-order valence-electron chi connectivity index (χ1n) is 12.0. The molecule has 178 valence electrons. The summed E-state index contributed by atoms with van der Waals surface area (Å²) in [6.45, 7) is 7.19. The Hall–Kier alpha value is -3.83. The number of aromatic carboxylic acids is 1. The SMILES string of the molecule is Cc1ccc(N2CC(CN[C@H](C)c3cccc4ccccc34)Oc3ccccc32)c(C)c1C(=O)O. The van der Waals surface area contributed by atoms with Crippen molar-refractivity contribution in [3.05, 3.63) is 101 Å². The molecule has 0 aliphatic carbocycles. The molecule has 5 heteroatoms. The second kappa shape index (κ2) is 9.43. The molecule has 35 heavy (non-hydrogen) atoms. The lowest BCUT2D eigenvalue weighted by Crippen LogP contribution is -2.44. The van der Waals surface area contributed by atoms with Gasteiger partial charge in [-0.1, -0.05) is 60.7 Å². The number of benzene rings is 4. The van der Waals surface area contributed by atoms with Crippen molar-refractivity contribution in [2.45, 2.75) is 32.9 Å². The fourth-order valence-electron chi connectivity index (χ4n) is 5.14. The highest BCUT2D eigenvalue weighted by molar-refractivity contribution is 5.94. The Morgan fingerprint density at radius 3 is 2.57 bits per heavy atom. The van der Waals surface area contributed by atoms with Gasteiger partial charge in [-0.25, -0.2) is 4.79 Å². The number of para-hydroxylation sites is 2. The summed E-state index contributed by atoms with van der Waals surface area (Å²) in [4.78, 5) is 14.1. The van der Waals surface area contributed by atoms with Gasteiger partial charge in [-0.2, -0.15) is 0 Å². The molecule has 1 aliphatic heterocycles. The molecule has 5 nitrogen and oxygen atoms in total. The summed E-state index contributed by atoms with van der Waals surface area (Å²) >= 11 is 0. The van der Waals surface area contributed by atoms with Crippen molar-refractivity contribution in [1.82, 2.24) is 5.32 Å². The Bertz CT molecular complexity index is 1390. The number of carboxylic acid groups (broad SMARTS) is 1. The number of carboxylic acids is 1. The Balaban J connectivity index is 1.42. The van der Waals surface area contributed by atoms with E-state index in [4.69, 9.17) is 4.74 Å². The molecule has 0 fully saturated rings. The highest BCUT2D eigenvalue weighted by Crippen LogP contribution is 2.40. The van der Waals surface area contributed by atoms with Gasteiger partial charge in [-0.05, 0) is 66.4 Å². The predicted octanol–water partition coefficient (Wildman–Crippen LogP) is 6.40. The molecule has 4 aromatic rings. The highest BCUT2D eigenvalue weighted by atomic mass is 16.5. The molecule has 1 aliphatic rings. The van der Waals surface area contributed by atoms with Crippen molar-refractivity contribution < 1.29 is 14.6 Å². The number of ether oxygens (including phenoxy) is 1. The third-order valence-corrected chi connectivity index (χ3v) is 6.93. The predicted molar refractivity (Wildman–Crippen MR) is 141 cm³/mol. The van der Waals surface area contributed by atoms with Crippen molar-refractivity contribution in [2.24, 2.45) is 0 Å². The zero-order valence-electron chi connectivity index (χ0n) is 20.3. The normalized spacial score (nSPS) is 16.0. The maximum absolute atomic E-state index is 11.9. The Morgan fingerprint density at radius 1 is 1.00 bits per heavy atom. The minimum Gasteiger partial charge on any atom is -0.485 e. The number of hydrogen-bond donors (Lipinski definition) is 2. The summed E-state index contributed by atoms with van der Waals surface area (Å²) in [5, 5.41) is 15.9. The molecule has 0 saturated heterocycles. The maximum atomic E-state index is 11.9. The summed E-state index contributed by atoms with van der Waals surface area (Å²) < 4.78 is 6.38. The van der Waals surface area contributed by atoms with E-state index < -0.39 is 5.97 Å². The van der Waals surface area contributed by atoms with Crippen LogP contribution in [0.1, 0.15) is 40.0 Å². The smallest absolute Gasteiger partial charge is 0.336 e. The number of nitrogens with zero attached hydrogens (tertiary/aromatic N) is 1. The Kier molecular flexibility index (Phi) is 6.18. The van der Waals surface area contributed by atoms with Gasteiger partial charge >= 0.3 is 5.97 Å². The van der Waals surface area contributed by atoms with Crippen LogP contribution in [-0.2, 0) is 0 Å². The Morgan fingerprint density at radius 2 is 1.74 bits per heavy atom. The van der Waals surface area contributed by atoms with Gasteiger partial charge in [-0.15, -0.1) is 0 Å². The van der Waals surface area contributed by atoms with Crippen LogP contribution in [0.25, 0.3) is 10.8 Å². The summed E-state index contributed by atoms with van der Waals surface area (Å²) in [6.07, 6.45) is -0.101. The topological polar surface area (TPSA) is 61.8 Å². The molecule has 0 aromatic heterocycles. The second-order valence-corrected chi connectivity index (χ2v) is 9.22. The standard InChI is InChI=1S/C30H30N2O3/c1-19-15-16-26(20(2)29(19)30(33)34)32-18-23(35-28-14-7-6-13-27(28)32)17-31-21(3)24-12-8-10-22-9-4-5-11-25(22)24/h4-16,21,23,31H,17-18H2,1-3H3,(H,33,34)/t21-,23?/m1/s1. The van der Waals surface area contributed by atoms with Gasteiger partial charge in [0.05, 0.1) is 17.8 Å². The molecule has 0 amide bonds. The van der Waals surface area contributed by atoms with Crippen LogP contribution in [0.3, 0.4) is 0 Å². The van der Waals surface area contributed by atoms with Crippen LogP contribution in [0.5, 0.6) is 5.75 Å². The van der Waals surface area contributed by atoms with Gasteiger partial charge in [0.2, 0.25) is 0 Å². The first kappa shape index (κ1) is 22.9. The molecule has 1 unspecified atom stereocenters. The van der Waals surface area contributed by atoms with Crippen LogP contribution >= 0.6 is 0 Å². The van der Waals surface area contributed by atoms with Crippen LogP contribution in [0.15, 0.2) is 78.9 Å². The Labute approximate surface area is 206 Å². The van der Waals surface area contributed by atoms with E-state index in [2.05, 4.69) is 59.6 Å². The third kappa shape index (κ3) is 4.35. The van der Waals surface area contributed by atoms with Crippen molar-refractivity contribution in [3.8, 4) is 5.75 Å². The van der Waals surface area contributed by atoms with Crippen LogP contribution < -0.4 is 15.0 Å². The molecule has 0 spiro atoms. The van der Waals surface area contributed by atoms with E-state index in [1.165, 1.54) is 16.3 Å². The van der Waals surface area contributed by atoms with Crippen LogP contribution in [0, 0.1) is 13.8 Å². The number of rotatable bonds is 6. The average Bonchev–Trinajstić information content (AvgIpc) is 2.86. The van der Waals surface area contributed by atoms with Crippen LogP contribution in [0.4, 0.5) is 11.4 Å². The lowest BCUT2D eigenvalue weighted by molar-refractivity contribution is 0.0695. The summed E-state index contributed by atoms with van der Waals surface area (Å²) in [7, 11) is 0. The molecule has 0 radical (unpaired) electrons. The van der Waals surface area contributed by atoms with E-state index >= 15 is 0 Å². The first-order chi connectivity index (χ1) is 16.9. The van der Waals surface area contributed by atoms with Gasteiger partial charge in [0.25, 0.3) is 0 Å². The van der Waals surface area contributed by atoms with E-state index in [-0.39, 0.29) is 12.1 Å². The van der Waals surface area contributed by atoms with Crippen molar-refractivity contribution in [1.29, 1.82) is 0 Å². The molecule has 5 rings (SSSR count). The zero-order valence-corrected chi connectivity index (χ0v) is 20.3. The lowest BCUT2D eigenvalue weighted by Gasteiger charge is -2.38. The zero-order chi connectivity index (χ0) is 24.5. The fraction of sp³-hybridized carbons (Fsp3) is 0.233. The second-order valence-electron chi connectivity index (χ2n) is 9.22. The minimum absolute atomic E-state index is 0.101. The molecule has 2 N–H and O–H groups in total. The molecular weight excluding hydrogens is 436 g/mol. The number of anilines is 2. The lowest BCUT2D eigenvalue weighted by atomic mass is 9.99. The van der Waals surface area contributed by atoms with E-state index in [9.17, 15) is 9.90 Å². The monoisotopic (exact) mass is 466 g/mol. The average molecular weight is 467 g/mol. The molecule has 0 saturated carbocycles. The van der Waals surface area contributed by atoms with Crippen LogP contribution in [-0.4, -0.2) is 30.3 Å². The quantitative estimate of drug-likeness (QED) is 0.344. The minimum atomic E-state index is -0.898.